The van der Waals surface area contributed by atoms with Crippen molar-refractivity contribution in [2.24, 2.45) is 0 Å². The van der Waals surface area contributed by atoms with Crippen LogP contribution in [0.15, 0.2) is 24.3 Å². The predicted octanol–water partition coefficient (Wildman–Crippen LogP) is 7.71. The maximum Gasteiger partial charge on any atom is 0.306 e. The zero-order valence-electron chi connectivity index (χ0n) is 18.0. The van der Waals surface area contributed by atoms with E-state index in [2.05, 4.69) is 0 Å². The predicted molar refractivity (Wildman–Crippen MR) is 134 cm³/mol. The Morgan fingerprint density at radius 1 is 0.647 bits per heavy atom. The van der Waals surface area contributed by atoms with Crippen LogP contribution in [0.25, 0.3) is 0 Å². The molecule has 2 rings (SSSR count). The third-order valence-corrected chi connectivity index (χ3v) is 6.70. The third-order valence-electron chi connectivity index (χ3n) is 4.15. The number of rotatable bonds is 11. The first-order chi connectivity index (χ1) is 16.0. The van der Waals surface area contributed by atoms with Gasteiger partial charge in [-0.25, -0.2) is 0 Å². The Morgan fingerprint density at radius 2 is 1.00 bits per heavy atom. The summed E-state index contributed by atoms with van der Waals surface area (Å²) >= 11 is 35.9. The van der Waals surface area contributed by atoms with Gasteiger partial charge in [0.2, 0.25) is 0 Å². The van der Waals surface area contributed by atoms with Gasteiger partial charge in [0.25, 0.3) is 0 Å². The van der Waals surface area contributed by atoms with Crippen LogP contribution in [0.2, 0.25) is 30.1 Å². The highest BCUT2D eigenvalue weighted by molar-refractivity contribution is 6.49. The molecule has 2 atom stereocenters. The Labute approximate surface area is 227 Å². The first-order valence-corrected chi connectivity index (χ1v) is 12.2. The Bertz CT molecular complexity index is 950. The molecule has 2 aromatic rings. The summed E-state index contributed by atoms with van der Waals surface area (Å²) in [5, 5.41) is 1.25. The molecule has 34 heavy (non-hydrogen) atoms. The van der Waals surface area contributed by atoms with Crippen LogP contribution in [0.1, 0.15) is 26.7 Å². The Balaban J connectivity index is 1.68. The fourth-order valence-electron chi connectivity index (χ4n) is 2.47. The molecule has 186 valence electrons. The van der Waals surface area contributed by atoms with Crippen LogP contribution in [0.3, 0.4) is 0 Å². The van der Waals surface area contributed by atoms with E-state index in [9.17, 15) is 9.59 Å². The van der Waals surface area contributed by atoms with Crippen LogP contribution in [0, 0.1) is 0 Å². The summed E-state index contributed by atoms with van der Waals surface area (Å²) in [7, 11) is 0. The van der Waals surface area contributed by atoms with Gasteiger partial charge in [0.1, 0.15) is 47.0 Å². The van der Waals surface area contributed by atoms with Crippen molar-refractivity contribution in [3.05, 3.63) is 54.4 Å². The number of benzene rings is 2. The van der Waals surface area contributed by atoms with Crippen molar-refractivity contribution in [2.45, 2.75) is 38.9 Å². The molecule has 2 unspecified atom stereocenters. The zero-order valence-corrected chi connectivity index (χ0v) is 22.5. The van der Waals surface area contributed by atoms with Crippen molar-refractivity contribution in [1.82, 2.24) is 0 Å². The highest BCUT2D eigenvalue weighted by Gasteiger charge is 2.17. The van der Waals surface area contributed by atoms with Gasteiger partial charge in [0.05, 0.1) is 32.9 Å². The number of esters is 2. The van der Waals surface area contributed by atoms with Crippen molar-refractivity contribution >= 4 is 81.5 Å². The molecule has 0 aliphatic carbocycles. The van der Waals surface area contributed by atoms with E-state index in [4.69, 9.17) is 88.6 Å². The Morgan fingerprint density at radius 3 is 1.35 bits per heavy atom. The van der Waals surface area contributed by atoms with E-state index in [0.29, 0.717) is 21.5 Å². The second-order valence-corrected chi connectivity index (χ2v) is 9.40. The van der Waals surface area contributed by atoms with Crippen molar-refractivity contribution in [1.29, 1.82) is 0 Å². The van der Waals surface area contributed by atoms with Gasteiger partial charge < -0.3 is 18.9 Å². The molecule has 0 fully saturated rings. The quantitative estimate of drug-likeness (QED) is 0.197. The van der Waals surface area contributed by atoms with E-state index in [-0.39, 0.29) is 46.1 Å². The summed E-state index contributed by atoms with van der Waals surface area (Å²) in [5.74, 6) is -0.553. The van der Waals surface area contributed by atoms with Crippen LogP contribution < -0.4 is 9.47 Å². The lowest BCUT2D eigenvalue weighted by Gasteiger charge is -2.17. The van der Waals surface area contributed by atoms with Gasteiger partial charge >= 0.3 is 11.9 Å². The van der Waals surface area contributed by atoms with Gasteiger partial charge in [-0.1, -0.05) is 69.6 Å². The molecule has 0 N–H and O–H groups in total. The lowest BCUT2D eigenvalue weighted by atomic mass is 10.3. The largest absolute Gasteiger partial charge is 0.486 e. The fourth-order valence-corrected chi connectivity index (χ4v) is 3.61. The van der Waals surface area contributed by atoms with Gasteiger partial charge in [-0.2, -0.15) is 0 Å². The molecule has 0 bridgehead atoms. The molecule has 2 aromatic carbocycles. The smallest absolute Gasteiger partial charge is 0.306 e. The van der Waals surface area contributed by atoms with E-state index in [1.165, 1.54) is 0 Å². The normalized spacial score (nSPS) is 12.6. The first kappa shape index (κ1) is 29.0. The minimum absolute atomic E-state index is 0.0558. The van der Waals surface area contributed by atoms with Crippen LogP contribution >= 0.6 is 69.6 Å². The van der Waals surface area contributed by atoms with Gasteiger partial charge in [0, 0.05) is 0 Å². The Hall–Kier alpha value is -1.28. The number of carbonyl (C=O) groups excluding carboxylic acids is 2. The lowest BCUT2D eigenvalue weighted by Crippen LogP contribution is -2.23. The van der Waals surface area contributed by atoms with Crippen LogP contribution in [-0.4, -0.2) is 37.4 Å². The number of carbonyl (C=O) groups is 2. The van der Waals surface area contributed by atoms with E-state index < -0.39 is 24.1 Å². The van der Waals surface area contributed by atoms with E-state index in [0.717, 1.165) is 0 Å². The van der Waals surface area contributed by atoms with E-state index >= 15 is 0 Å². The fraction of sp³-hybridized carbons (Fsp3) is 0.364. The van der Waals surface area contributed by atoms with Gasteiger partial charge in [-0.05, 0) is 38.1 Å². The summed E-state index contributed by atoms with van der Waals surface area (Å²) in [5.41, 5.74) is 0. The zero-order chi connectivity index (χ0) is 25.4. The summed E-state index contributed by atoms with van der Waals surface area (Å²) in [6, 6.07) is 6.21. The molecule has 0 aromatic heterocycles. The number of hydrogen-bond acceptors (Lipinski definition) is 6. The summed E-state index contributed by atoms with van der Waals surface area (Å²) < 4.78 is 21.5. The molecule has 0 radical (unpaired) electrons. The molecule has 0 saturated carbocycles. The molecular formula is C22H20Cl6O6. The number of ether oxygens (including phenoxy) is 4. The van der Waals surface area contributed by atoms with E-state index in [1.54, 1.807) is 38.1 Å². The summed E-state index contributed by atoms with van der Waals surface area (Å²) in [4.78, 5) is 23.9. The molecular weight excluding hydrogens is 573 g/mol. The molecule has 0 spiro atoms. The maximum absolute atomic E-state index is 11.9. The molecule has 0 aliphatic rings. The average molecular weight is 593 g/mol. The second kappa shape index (κ2) is 13.7. The number of halogens is 6. The average Bonchev–Trinajstić information content (AvgIpc) is 2.80. The standard InChI is InChI=1S/C22H20Cl6O6/c1-11(33-15-5-3-13(23)19(25)21(15)27)9-31-17(29)7-8-18(30)32-10-12(2)34-16-6-4-14(24)20(26)22(16)28/h3-6,11-12H,7-10H2,1-2H3. The highest BCUT2D eigenvalue weighted by Crippen LogP contribution is 2.38. The molecule has 0 heterocycles. The highest BCUT2D eigenvalue weighted by atomic mass is 35.5. The maximum atomic E-state index is 11.9. The molecule has 12 heteroatoms. The molecule has 0 saturated heterocycles. The van der Waals surface area contributed by atoms with Gasteiger partial charge in [-0.3, -0.25) is 9.59 Å². The van der Waals surface area contributed by atoms with Crippen LogP contribution in [0.5, 0.6) is 11.5 Å². The van der Waals surface area contributed by atoms with Crippen molar-refractivity contribution in [3.63, 3.8) is 0 Å². The SMILES string of the molecule is CC(COC(=O)CCC(=O)OCC(C)Oc1ccc(Cl)c(Cl)c1Cl)Oc1ccc(Cl)c(Cl)c1Cl. The number of hydrogen-bond donors (Lipinski definition) is 0. The first-order valence-electron chi connectivity index (χ1n) is 9.91. The summed E-state index contributed by atoms with van der Waals surface area (Å²) in [6.45, 7) is 3.25. The molecule has 0 amide bonds. The summed E-state index contributed by atoms with van der Waals surface area (Å²) in [6.07, 6.45) is -1.35. The lowest BCUT2D eigenvalue weighted by molar-refractivity contribution is -0.152. The molecule has 0 aliphatic heterocycles. The second-order valence-electron chi connectivity index (χ2n) is 7.07. The van der Waals surface area contributed by atoms with Crippen molar-refractivity contribution < 1.29 is 28.5 Å². The minimum atomic E-state index is -0.584. The topological polar surface area (TPSA) is 71.1 Å². The minimum Gasteiger partial charge on any atom is -0.486 e. The molecule has 6 nitrogen and oxygen atoms in total. The monoisotopic (exact) mass is 590 g/mol. The van der Waals surface area contributed by atoms with Crippen LogP contribution in [0.4, 0.5) is 0 Å². The van der Waals surface area contributed by atoms with Gasteiger partial charge in [0.15, 0.2) is 0 Å². The third kappa shape index (κ3) is 8.74. The van der Waals surface area contributed by atoms with Crippen molar-refractivity contribution in [2.75, 3.05) is 13.2 Å². The van der Waals surface area contributed by atoms with Crippen molar-refractivity contribution in [3.8, 4) is 11.5 Å². The van der Waals surface area contributed by atoms with Gasteiger partial charge in [-0.15, -0.1) is 0 Å². The van der Waals surface area contributed by atoms with Crippen LogP contribution in [-0.2, 0) is 19.1 Å². The Kier molecular flexibility index (Phi) is 11.7. The van der Waals surface area contributed by atoms with E-state index in [1.807, 2.05) is 0 Å².